The van der Waals surface area contributed by atoms with Crippen LogP contribution in [0.15, 0.2) is 59.7 Å². The van der Waals surface area contributed by atoms with Crippen LogP contribution in [0.5, 0.6) is 5.75 Å². The molecule has 2 aromatic rings. The van der Waals surface area contributed by atoms with E-state index in [2.05, 4.69) is 4.99 Å². The molecule has 114 valence electrons. The number of halogens is 2. The molecule has 0 aliphatic heterocycles. The summed E-state index contributed by atoms with van der Waals surface area (Å²) in [7, 11) is 1.71. The van der Waals surface area contributed by atoms with E-state index >= 15 is 0 Å². The Morgan fingerprint density at radius 3 is 2.50 bits per heavy atom. The highest BCUT2D eigenvalue weighted by molar-refractivity contribution is 6.35. The summed E-state index contributed by atoms with van der Waals surface area (Å²) in [5, 5.41) is 1.18. The topological polar surface area (TPSA) is 47.6 Å². The van der Waals surface area contributed by atoms with E-state index in [4.69, 9.17) is 33.7 Å². The summed E-state index contributed by atoms with van der Waals surface area (Å²) in [5.41, 5.74) is 7.90. The van der Waals surface area contributed by atoms with Gasteiger partial charge >= 0.3 is 0 Å². The van der Waals surface area contributed by atoms with E-state index in [9.17, 15) is 0 Å². The van der Waals surface area contributed by atoms with Crippen LogP contribution in [-0.4, -0.2) is 12.8 Å². The summed E-state index contributed by atoms with van der Waals surface area (Å²) >= 11 is 12.3. The van der Waals surface area contributed by atoms with E-state index in [0.717, 1.165) is 16.8 Å². The third-order valence-corrected chi connectivity index (χ3v) is 3.78. The van der Waals surface area contributed by atoms with Crippen LogP contribution in [0, 0.1) is 0 Å². The average Bonchev–Trinajstić information content (AvgIpc) is 2.52. The lowest BCUT2D eigenvalue weighted by Crippen LogP contribution is -2.01. The van der Waals surface area contributed by atoms with Gasteiger partial charge in [-0.25, -0.2) is 0 Å². The van der Waals surface area contributed by atoms with Crippen LogP contribution in [0.1, 0.15) is 11.1 Å². The summed E-state index contributed by atoms with van der Waals surface area (Å²) in [5.74, 6) is 0.708. The fourth-order valence-electron chi connectivity index (χ4n) is 1.96. The number of aliphatic imine (C=N–C) groups is 1. The van der Waals surface area contributed by atoms with E-state index in [1.54, 1.807) is 31.3 Å². The Labute approximate surface area is 140 Å². The van der Waals surface area contributed by atoms with Crippen molar-refractivity contribution in [2.24, 2.45) is 10.7 Å². The summed E-state index contributed by atoms with van der Waals surface area (Å²) in [4.78, 5) is 4.19. The van der Waals surface area contributed by atoms with Crippen LogP contribution >= 0.6 is 23.2 Å². The van der Waals surface area contributed by atoms with Gasteiger partial charge in [-0.15, -0.1) is 0 Å². The van der Waals surface area contributed by atoms with Gasteiger partial charge in [-0.1, -0.05) is 41.4 Å². The number of ether oxygens (including phenoxy) is 1. The van der Waals surface area contributed by atoms with Gasteiger partial charge in [0, 0.05) is 28.2 Å². The SMILES string of the molecule is CN=C(C=CN)c1cccc(OCc2c(Cl)cccc2Cl)c1. The predicted octanol–water partition coefficient (Wildman–Crippen LogP) is 4.46. The van der Waals surface area contributed by atoms with Crippen LogP contribution in [0.4, 0.5) is 0 Å². The van der Waals surface area contributed by atoms with Gasteiger partial charge in [0.2, 0.25) is 0 Å². The maximum atomic E-state index is 6.13. The van der Waals surface area contributed by atoms with Crippen molar-refractivity contribution in [2.75, 3.05) is 7.05 Å². The lowest BCUT2D eigenvalue weighted by atomic mass is 10.1. The molecule has 22 heavy (non-hydrogen) atoms. The first-order chi connectivity index (χ1) is 10.7. The van der Waals surface area contributed by atoms with Crippen molar-refractivity contribution in [1.82, 2.24) is 0 Å². The lowest BCUT2D eigenvalue weighted by molar-refractivity contribution is 0.306. The molecule has 0 saturated heterocycles. The number of hydrogen-bond acceptors (Lipinski definition) is 3. The Kier molecular flexibility index (Phi) is 5.87. The first kappa shape index (κ1) is 16.4. The number of hydrogen-bond donors (Lipinski definition) is 1. The van der Waals surface area contributed by atoms with Crippen molar-refractivity contribution in [1.29, 1.82) is 0 Å². The molecule has 0 unspecified atom stereocenters. The third-order valence-electron chi connectivity index (χ3n) is 3.07. The van der Waals surface area contributed by atoms with Gasteiger partial charge in [0.15, 0.2) is 0 Å². The van der Waals surface area contributed by atoms with E-state index < -0.39 is 0 Å². The molecule has 0 aliphatic rings. The monoisotopic (exact) mass is 334 g/mol. The molecular weight excluding hydrogens is 319 g/mol. The molecule has 3 nitrogen and oxygen atoms in total. The van der Waals surface area contributed by atoms with E-state index in [-0.39, 0.29) is 0 Å². The van der Waals surface area contributed by atoms with Gasteiger partial charge in [-0.05, 0) is 36.5 Å². The van der Waals surface area contributed by atoms with Crippen molar-refractivity contribution in [3.8, 4) is 5.75 Å². The number of benzene rings is 2. The van der Waals surface area contributed by atoms with Crippen LogP contribution in [0.25, 0.3) is 0 Å². The van der Waals surface area contributed by atoms with Crippen LogP contribution in [0.3, 0.4) is 0 Å². The highest BCUT2D eigenvalue weighted by Gasteiger charge is 2.07. The molecule has 0 aromatic heterocycles. The molecule has 0 spiro atoms. The molecule has 0 aliphatic carbocycles. The molecule has 0 fully saturated rings. The maximum Gasteiger partial charge on any atom is 0.120 e. The summed E-state index contributed by atoms with van der Waals surface area (Å²) in [6.45, 7) is 0.299. The highest BCUT2D eigenvalue weighted by atomic mass is 35.5. The minimum absolute atomic E-state index is 0.299. The Hall–Kier alpha value is -1.97. The van der Waals surface area contributed by atoms with Gasteiger partial charge in [-0.3, -0.25) is 4.99 Å². The normalized spacial score (nSPS) is 11.9. The Bertz CT molecular complexity index is 691. The van der Waals surface area contributed by atoms with Crippen molar-refractivity contribution in [3.05, 3.63) is 75.9 Å². The highest BCUT2D eigenvalue weighted by Crippen LogP contribution is 2.26. The smallest absolute Gasteiger partial charge is 0.120 e. The van der Waals surface area contributed by atoms with Crippen molar-refractivity contribution in [2.45, 2.75) is 6.61 Å². The van der Waals surface area contributed by atoms with Crippen molar-refractivity contribution in [3.63, 3.8) is 0 Å². The van der Waals surface area contributed by atoms with Gasteiger partial charge in [0.25, 0.3) is 0 Å². The Balaban J connectivity index is 2.18. The minimum atomic E-state index is 0.299. The van der Waals surface area contributed by atoms with Crippen LogP contribution < -0.4 is 10.5 Å². The van der Waals surface area contributed by atoms with Gasteiger partial charge < -0.3 is 10.5 Å². The zero-order valence-corrected chi connectivity index (χ0v) is 13.6. The Morgan fingerprint density at radius 2 is 1.86 bits per heavy atom. The van der Waals surface area contributed by atoms with E-state index in [1.165, 1.54) is 6.20 Å². The van der Waals surface area contributed by atoms with E-state index in [0.29, 0.717) is 22.4 Å². The van der Waals surface area contributed by atoms with Gasteiger partial charge in [0.1, 0.15) is 12.4 Å². The molecule has 5 heteroatoms. The second-order valence-electron chi connectivity index (χ2n) is 4.48. The second kappa shape index (κ2) is 7.87. The predicted molar refractivity (Wildman–Crippen MR) is 93.0 cm³/mol. The summed E-state index contributed by atoms with van der Waals surface area (Å²) in [6, 6.07) is 13.0. The third kappa shape index (κ3) is 4.03. The van der Waals surface area contributed by atoms with E-state index in [1.807, 2.05) is 24.3 Å². The zero-order valence-electron chi connectivity index (χ0n) is 12.1. The molecular formula is C17H16Cl2N2O. The number of allylic oxidation sites excluding steroid dienone is 1. The van der Waals surface area contributed by atoms with Crippen LogP contribution in [-0.2, 0) is 6.61 Å². The minimum Gasteiger partial charge on any atom is -0.489 e. The van der Waals surface area contributed by atoms with Gasteiger partial charge in [0.05, 0.1) is 5.71 Å². The summed E-state index contributed by atoms with van der Waals surface area (Å²) in [6.07, 6.45) is 3.20. The molecule has 0 radical (unpaired) electrons. The largest absolute Gasteiger partial charge is 0.489 e. The Morgan fingerprint density at radius 1 is 1.18 bits per heavy atom. The van der Waals surface area contributed by atoms with Gasteiger partial charge in [-0.2, -0.15) is 0 Å². The first-order valence-electron chi connectivity index (χ1n) is 6.67. The number of nitrogens with zero attached hydrogens (tertiary/aromatic N) is 1. The molecule has 0 bridgehead atoms. The summed E-state index contributed by atoms with van der Waals surface area (Å²) < 4.78 is 5.79. The fourth-order valence-corrected chi connectivity index (χ4v) is 2.47. The first-order valence-corrected chi connectivity index (χ1v) is 7.42. The standard InChI is InChI=1S/C17H16Cl2N2O/c1-21-17(8-9-20)12-4-2-5-13(10-12)22-11-14-15(18)6-3-7-16(14)19/h2-10H,11,20H2,1H3. The zero-order chi connectivity index (χ0) is 15.9. The fraction of sp³-hybridized carbons (Fsp3) is 0.118. The quantitative estimate of drug-likeness (QED) is 0.820. The molecule has 0 amide bonds. The molecule has 0 saturated carbocycles. The molecule has 0 heterocycles. The lowest BCUT2D eigenvalue weighted by Gasteiger charge is -2.10. The maximum absolute atomic E-state index is 6.13. The number of nitrogens with two attached hydrogens (primary N) is 1. The molecule has 2 N–H and O–H groups in total. The van der Waals surface area contributed by atoms with Crippen molar-refractivity contribution < 1.29 is 4.74 Å². The average molecular weight is 335 g/mol. The van der Waals surface area contributed by atoms with Crippen LogP contribution in [0.2, 0.25) is 10.0 Å². The molecule has 2 aromatic carbocycles. The second-order valence-corrected chi connectivity index (χ2v) is 5.30. The van der Waals surface area contributed by atoms with Crippen molar-refractivity contribution >= 4 is 28.9 Å². The molecule has 0 atom stereocenters. The number of rotatable bonds is 5. The molecule has 2 rings (SSSR count).